The van der Waals surface area contributed by atoms with E-state index in [0.29, 0.717) is 0 Å². The molecule has 0 bridgehead atoms. The van der Waals surface area contributed by atoms with E-state index in [2.05, 4.69) is 9.30 Å². The monoisotopic (exact) mass is 382 g/mol. The maximum atomic E-state index is 14.3. The molecule has 7 heteroatoms. The highest BCUT2D eigenvalue weighted by atomic mass is 35.5. The van der Waals surface area contributed by atoms with Crippen LogP contribution in [0.5, 0.6) is 0 Å². The Bertz CT molecular complexity index is 940. The van der Waals surface area contributed by atoms with Gasteiger partial charge in [-0.1, -0.05) is 24.3 Å². The van der Waals surface area contributed by atoms with Gasteiger partial charge >= 0.3 is 11.9 Å². The van der Waals surface area contributed by atoms with Gasteiger partial charge in [0, 0.05) is 28.4 Å². The van der Waals surface area contributed by atoms with Gasteiger partial charge in [0.25, 0.3) is 0 Å². The third-order valence-corrected chi connectivity index (χ3v) is 4.41. The number of halogens is 3. The number of carbonyl (C=O) groups excluding carboxylic acids is 1. The van der Waals surface area contributed by atoms with Crippen molar-refractivity contribution in [2.24, 2.45) is 5.73 Å². The smallest absolute Gasteiger partial charge is 0.379 e. The minimum Gasteiger partial charge on any atom is -0.462 e. The van der Waals surface area contributed by atoms with Gasteiger partial charge in [0.2, 0.25) is 0 Å². The number of aryl methyl sites for hydroxylation is 1. The zero-order chi connectivity index (χ0) is 18.2. The average molecular weight is 383 g/mol. The summed E-state index contributed by atoms with van der Waals surface area (Å²) in [6, 6.07) is 11.0. The van der Waals surface area contributed by atoms with Crippen LogP contribution in [0.3, 0.4) is 0 Å². The molecule has 1 aromatic heterocycles. The van der Waals surface area contributed by atoms with E-state index >= 15 is 0 Å². The van der Waals surface area contributed by atoms with Crippen LogP contribution in [0.25, 0.3) is 21.8 Å². The maximum Gasteiger partial charge on any atom is 0.379 e. The van der Waals surface area contributed by atoms with Crippen LogP contribution < -0.4 is 5.73 Å². The van der Waals surface area contributed by atoms with Gasteiger partial charge in [-0.05, 0) is 37.6 Å². The number of ether oxygens (including phenoxy) is 1. The van der Waals surface area contributed by atoms with Crippen molar-refractivity contribution in [3.63, 3.8) is 0 Å². The van der Waals surface area contributed by atoms with Crippen LogP contribution in [0.1, 0.15) is 25.5 Å². The number of para-hydroxylation sites is 1. The van der Waals surface area contributed by atoms with Gasteiger partial charge in [-0.2, -0.15) is 8.78 Å². The molecule has 3 aromatic rings. The Morgan fingerprint density at radius 2 is 1.81 bits per heavy atom. The Hall–Kier alpha value is -2.18. The fourth-order valence-electron chi connectivity index (χ4n) is 3.17. The number of esters is 1. The molecule has 1 atom stereocenters. The molecule has 0 saturated carbocycles. The van der Waals surface area contributed by atoms with Gasteiger partial charge in [-0.15, -0.1) is 12.4 Å². The second kappa shape index (κ2) is 7.60. The van der Waals surface area contributed by atoms with Crippen LogP contribution in [0, 0.1) is 0 Å². The average Bonchev–Trinajstić information content (AvgIpc) is 2.94. The molecule has 0 saturated heterocycles. The minimum absolute atomic E-state index is 0. The Kier molecular flexibility index (Phi) is 5.88. The zero-order valence-electron chi connectivity index (χ0n) is 14.5. The number of nitrogens with two attached hydrogens (primary N) is 1. The molecule has 0 fully saturated rings. The summed E-state index contributed by atoms with van der Waals surface area (Å²) in [7, 11) is 0. The van der Waals surface area contributed by atoms with Crippen molar-refractivity contribution in [3.05, 3.63) is 48.0 Å². The topological polar surface area (TPSA) is 57.2 Å². The number of rotatable bonds is 5. The van der Waals surface area contributed by atoms with E-state index in [9.17, 15) is 13.6 Å². The predicted molar refractivity (Wildman–Crippen MR) is 101 cm³/mol. The van der Waals surface area contributed by atoms with E-state index in [1.54, 1.807) is 18.2 Å². The normalized spacial score (nSPS) is 12.8. The molecule has 0 unspecified atom stereocenters. The molecule has 4 nitrogen and oxygen atoms in total. The highest BCUT2D eigenvalue weighted by Gasteiger charge is 2.47. The first-order valence-electron chi connectivity index (χ1n) is 8.23. The Morgan fingerprint density at radius 3 is 2.46 bits per heavy atom. The van der Waals surface area contributed by atoms with Crippen LogP contribution >= 0.6 is 12.4 Å². The van der Waals surface area contributed by atoms with Crippen molar-refractivity contribution >= 4 is 40.2 Å². The maximum absolute atomic E-state index is 14.3. The molecule has 140 valence electrons. The third-order valence-electron chi connectivity index (χ3n) is 4.41. The summed E-state index contributed by atoms with van der Waals surface area (Å²) in [6.45, 7) is 4.14. The Labute approximate surface area is 156 Å². The number of hydrogen-bond donors (Lipinski definition) is 1. The van der Waals surface area contributed by atoms with Crippen LogP contribution in [-0.4, -0.2) is 23.1 Å². The van der Waals surface area contributed by atoms with Crippen molar-refractivity contribution in [1.29, 1.82) is 0 Å². The quantitative estimate of drug-likeness (QED) is 0.664. The standard InChI is InChI=1S/C19H20F2N2O2.ClH/c1-3-23-15-8-6-5-7-13(15)14-11-12(9-10-16(14)23)17(22)19(20,21)18(24)25-4-2;/h5-11,17H,3-4,22H2,1-2H3;1H/t17-;/m0./s1. The molecular weight excluding hydrogens is 362 g/mol. The fraction of sp³-hybridized carbons (Fsp3) is 0.316. The second-order valence-electron chi connectivity index (χ2n) is 5.86. The highest BCUT2D eigenvalue weighted by Crippen LogP contribution is 2.35. The molecule has 0 aliphatic heterocycles. The van der Waals surface area contributed by atoms with Crippen LogP contribution in [0.4, 0.5) is 8.78 Å². The van der Waals surface area contributed by atoms with E-state index in [1.807, 2.05) is 31.2 Å². The van der Waals surface area contributed by atoms with Gasteiger partial charge in [0.05, 0.1) is 6.61 Å². The molecule has 0 radical (unpaired) electrons. The van der Waals surface area contributed by atoms with Crippen molar-refractivity contribution in [1.82, 2.24) is 4.57 Å². The molecule has 3 rings (SSSR count). The summed E-state index contributed by atoms with van der Waals surface area (Å²) < 4.78 is 35.1. The van der Waals surface area contributed by atoms with Gasteiger partial charge in [0.1, 0.15) is 6.04 Å². The summed E-state index contributed by atoms with van der Waals surface area (Å²) in [4.78, 5) is 11.5. The molecule has 26 heavy (non-hydrogen) atoms. The number of nitrogens with zero attached hydrogens (tertiary/aromatic N) is 1. The van der Waals surface area contributed by atoms with Crippen molar-refractivity contribution < 1.29 is 18.3 Å². The summed E-state index contributed by atoms with van der Waals surface area (Å²) in [5, 5.41) is 1.80. The van der Waals surface area contributed by atoms with Gasteiger partial charge < -0.3 is 15.0 Å². The van der Waals surface area contributed by atoms with Crippen molar-refractivity contribution in [2.45, 2.75) is 32.4 Å². The SMILES string of the molecule is CCOC(=O)C(F)(F)[C@@H](N)c1ccc2c(c1)c1ccccc1n2CC.Cl. The molecular formula is C19H21ClF2N2O2. The molecule has 0 amide bonds. The van der Waals surface area contributed by atoms with Crippen molar-refractivity contribution in [2.75, 3.05) is 6.61 Å². The fourth-order valence-corrected chi connectivity index (χ4v) is 3.17. The zero-order valence-corrected chi connectivity index (χ0v) is 15.4. The lowest BCUT2D eigenvalue weighted by Gasteiger charge is -2.22. The Balaban J connectivity index is 0.00000243. The van der Waals surface area contributed by atoms with Gasteiger partial charge in [0.15, 0.2) is 0 Å². The lowest BCUT2D eigenvalue weighted by atomic mass is 9.99. The summed E-state index contributed by atoms with van der Waals surface area (Å²) in [5.74, 6) is -5.38. The molecule has 2 aromatic carbocycles. The lowest BCUT2D eigenvalue weighted by molar-refractivity contribution is -0.174. The number of hydrogen-bond acceptors (Lipinski definition) is 3. The van der Waals surface area contributed by atoms with E-state index in [0.717, 1.165) is 28.4 Å². The first-order valence-corrected chi connectivity index (χ1v) is 8.23. The Morgan fingerprint density at radius 1 is 1.15 bits per heavy atom. The van der Waals surface area contributed by atoms with Crippen LogP contribution in [-0.2, 0) is 16.1 Å². The molecule has 0 aliphatic carbocycles. The molecule has 2 N–H and O–H groups in total. The molecule has 0 spiro atoms. The largest absolute Gasteiger partial charge is 0.462 e. The van der Waals surface area contributed by atoms with E-state index in [4.69, 9.17) is 5.73 Å². The van der Waals surface area contributed by atoms with E-state index in [1.165, 1.54) is 6.92 Å². The first kappa shape index (κ1) is 20.1. The second-order valence-corrected chi connectivity index (χ2v) is 5.86. The van der Waals surface area contributed by atoms with E-state index in [-0.39, 0.29) is 24.6 Å². The molecule has 1 heterocycles. The number of carbonyl (C=O) groups is 1. The van der Waals surface area contributed by atoms with E-state index < -0.39 is 17.9 Å². The summed E-state index contributed by atoms with van der Waals surface area (Å²) in [6.07, 6.45) is 0. The highest BCUT2D eigenvalue weighted by molar-refractivity contribution is 6.08. The van der Waals surface area contributed by atoms with Crippen molar-refractivity contribution in [3.8, 4) is 0 Å². The summed E-state index contributed by atoms with van der Waals surface area (Å²) >= 11 is 0. The predicted octanol–water partition coefficient (Wildman–Crippen LogP) is 4.43. The minimum atomic E-state index is -3.78. The van der Waals surface area contributed by atoms with Crippen LogP contribution in [0.15, 0.2) is 42.5 Å². The summed E-state index contributed by atoms with van der Waals surface area (Å²) in [5.41, 5.74) is 7.89. The number of benzene rings is 2. The third kappa shape index (κ3) is 3.15. The first-order chi connectivity index (χ1) is 11.9. The number of alkyl halides is 2. The lowest BCUT2D eigenvalue weighted by Crippen LogP contribution is -2.41. The van der Waals surface area contributed by atoms with Crippen LogP contribution in [0.2, 0.25) is 0 Å². The van der Waals surface area contributed by atoms with Gasteiger partial charge in [-0.25, -0.2) is 4.79 Å². The van der Waals surface area contributed by atoms with Gasteiger partial charge in [-0.3, -0.25) is 0 Å². The number of fused-ring (bicyclic) bond motifs is 3. The molecule has 0 aliphatic rings. The number of aromatic nitrogens is 1.